The maximum Gasteiger partial charge on any atom is 0.226 e. The molecule has 17 heavy (non-hydrogen) atoms. The Bertz CT molecular complexity index is 395. The van der Waals surface area contributed by atoms with Crippen molar-refractivity contribution in [3.05, 3.63) is 18.2 Å². The van der Waals surface area contributed by atoms with Gasteiger partial charge in [0.1, 0.15) is 0 Å². The van der Waals surface area contributed by atoms with Crippen molar-refractivity contribution in [3.8, 4) is 0 Å². The maximum absolute atomic E-state index is 11.9. The summed E-state index contributed by atoms with van der Waals surface area (Å²) in [5, 5.41) is 0. The van der Waals surface area contributed by atoms with Gasteiger partial charge in [0.05, 0.1) is 12.2 Å². The molecule has 1 aromatic heterocycles. The van der Waals surface area contributed by atoms with Crippen LogP contribution >= 0.6 is 0 Å². The summed E-state index contributed by atoms with van der Waals surface area (Å²) >= 11 is 0. The van der Waals surface area contributed by atoms with E-state index in [0.717, 1.165) is 5.69 Å². The van der Waals surface area contributed by atoms with Crippen LogP contribution in [0.4, 0.5) is 0 Å². The Labute approximate surface area is 102 Å². The number of aromatic nitrogens is 2. The van der Waals surface area contributed by atoms with Gasteiger partial charge < -0.3 is 15.2 Å². The van der Waals surface area contributed by atoms with Crippen molar-refractivity contribution in [1.29, 1.82) is 0 Å². The Kier molecular flexibility index (Phi) is 3.47. The molecule has 1 atom stereocenters. The molecule has 1 amide bonds. The smallest absolute Gasteiger partial charge is 0.226 e. The van der Waals surface area contributed by atoms with E-state index in [9.17, 15) is 4.79 Å². The van der Waals surface area contributed by atoms with Gasteiger partial charge in [-0.05, 0) is 12.8 Å². The lowest BCUT2D eigenvalue weighted by molar-refractivity contribution is -0.132. The van der Waals surface area contributed by atoms with Crippen LogP contribution in [-0.2, 0) is 11.2 Å². The molecule has 1 aliphatic rings. The van der Waals surface area contributed by atoms with Crippen molar-refractivity contribution in [2.75, 3.05) is 20.6 Å². The number of rotatable bonds is 5. The standard InChI is InChI=1S/C12H20N4O/c1-15(2)12(17)9(6-13)5-11-7-14-8-16(11)10-3-4-10/h7-10H,3-6,13H2,1-2H3. The predicted molar refractivity (Wildman–Crippen MR) is 65.4 cm³/mol. The number of hydrogen-bond donors (Lipinski definition) is 1. The van der Waals surface area contributed by atoms with Gasteiger partial charge in [-0.2, -0.15) is 0 Å². The number of amides is 1. The second-order valence-corrected chi connectivity index (χ2v) is 4.89. The molecule has 0 aromatic carbocycles. The number of imidazole rings is 1. The second kappa shape index (κ2) is 4.87. The highest BCUT2D eigenvalue weighted by atomic mass is 16.2. The van der Waals surface area contributed by atoms with Crippen LogP contribution in [0.5, 0.6) is 0 Å². The minimum Gasteiger partial charge on any atom is -0.349 e. The highest BCUT2D eigenvalue weighted by molar-refractivity contribution is 5.78. The molecule has 1 fully saturated rings. The molecule has 1 heterocycles. The van der Waals surface area contributed by atoms with Gasteiger partial charge in [0.15, 0.2) is 0 Å². The van der Waals surface area contributed by atoms with Crippen LogP contribution in [0, 0.1) is 5.92 Å². The van der Waals surface area contributed by atoms with Crippen LogP contribution < -0.4 is 5.73 Å². The van der Waals surface area contributed by atoms with Crippen LogP contribution in [0.15, 0.2) is 12.5 Å². The molecule has 2 rings (SSSR count). The number of nitrogens with two attached hydrogens (primary N) is 1. The van der Waals surface area contributed by atoms with Crippen LogP contribution in [0.1, 0.15) is 24.6 Å². The number of nitrogens with zero attached hydrogens (tertiary/aromatic N) is 3. The van der Waals surface area contributed by atoms with Crippen molar-refractivity contribution in [3.63, 3.8) is 0 Å². The molecule has 2 N–H and O–H groups in total. The summed E-state index contributed by atoms with van der Waals surface area (Å²) in [6.45, 7) is 0.382. The molecule has 5 heteroatoms. The zero-order valence-electron chi connectivity index (χ0n) is 10.5. The van der Waals surface area contributed by atoms with Crippen molar-refractivity contribution >= 4 is 5.91 Å². The average Bonchev–Trinajstić information content (AvgIpc) is 3.05. The molecule has 1 unspecified atom stereocenters. The van der Waals surface area contributed by atoms with Crippen LogP contribution in [-0.4, -0.2) is 41.0 Å². The highest BCUT2D eigenvalue weighted by Gasteiger charge is 2.27. The lowest BCUT2D eigenvalue weighted by Crippen LogP contribution is -2.35. The lowest BCUT2D eigenvalue weighted by atomic mass is 10.0. The Morgan fingerprint density at radius 2 is 2.35 bits per heavy atom. The first kappa shape index (κ1) is 12.1. The van der Waals surface area contributed by atoms with Crippen LogP contribution in [0.2, 0.25) is 0 Å². The Hall–Kier alpha value is -1.36. The zero-order valence-corrected chi connectivity index (χ0v) is 10.5. The maximum atomic E-state index is 11.9. The van der Waals surface area contributed by atoms with E-state index >= 15 is 0 Å². The summed E-state index contributed by atoms with van der Waals surface area (Å²) in [6, 6.07) is 0.598. The first-order valence-electron chi connectivity index (χ1n) is 6.05. The van der Waals surface area contributed by atoms with E-state index < -0.39 is 0 Å². The van der Waals surface area contributed by atoms with E-state index in [1.54, 1.807) is 19.0 Å². The summed E-state index contributed by atoms with van der Waals surface area (Å²) in [5.74, 6) is -0.0461. The first-order valence-corrected chi connectivity index (χ1v) is 6.05. The van der Waals surface area contributed by atoms with Gasteiger partial charge in [-0.25, -0.2) is 4.98 Å². The third-order valence-corrected chi connectivity index (χ3v) is 3.22. The Morgan fingerprint density at radius 1 is 1.65 bits per heavy atom. The molecule has 1 saturated carbocycles. The molecule has 0 radical (unpaired) electrons. The van der Waals surface area contributed by atoms with E-state index in [-0.39, 0.29) is 11.8 Å². The summed E-state index contributed by atoms with van der Waals surface area (Å²) in [5.41, 5.74) is 6.82. The van der Waals surface area contributed by atoms with Crippen molar-refractivity contribution in [1.82, 2.24) is 14.5 Å². The number of carbonyl (C=O) groups is 1. The average molecular weight is 236 g/mol. The zero-order chi connectivity index (χ0) is 12.4. The van der Waals surface area contributed by atoms with E-state index in [4.69, 9.17) is 5.73 Å². The van der Waals surface area contributed by atoms with E-state index in [1.807, 2.05) is 12.5 Å². The van der Waals surface area contributed by atoms with Gasteiger partial charge in [0, 0.05) is 45.0 Å². The van der Waals surface area contributed by atoms with Crippen LogP contribution in [0.3, 0.4) is 0 Å². The molecule has 0 spiro atoms. The Balaban J connectivity index is 2.07. The normalized spacial score (nSPS) is 16.9. The first-order chi connectivity index (χ1) is 8.13. The second-order valence-electron chi connectivity index (χ2n) is 4.89. The van der Waals surface area contributed by atoms with Gasteiger partial charge in [-0.15, -0.1) is 0 Å². The molecule has 1 aliphatic carbocycles. The molecule has 0 saturated heterocycles. The molecule has 0 aliphatic heterocycles. The SMILES string of the molecule is CN(C)C(=O)C(CN)Cc1cncn1C1CC1. The predicted octanol–water partition coefficient (Wildman–Crippen LogP) is 0.424. The van der Waals surface area contributed by atoms with Gasteiger partial charge in [-0.1, -0.05) is 0 Å². The van der Waals surface area contributed by atoms with E-state index in [2.05, 4.69) is 9.55 Å². The molecular formula is C12H20N4O. The van der Waals surface area contributed by atoms with Crippen molar-refractivity contribution in [2.45, 2.75) is 25.3 Å². The van der Waals surface area contributed by atoms with Gasteiger partial charge in [0.25, 0.3) is 0 Å². The molecule has 5 nitrogen and oxygen atoms in total. The van der Waals surface area contributed by atoms with Gasteiger partial charge >= 0.3 is 0 Å². The number of carbonyl (C=O) groups excluding carboxylic acids is 1. The van der Waals surface area contributed by atoms with E-state index in [0.29, 0.717) is 19.0 Å². The van der Waals surface area contributed by atoms with Gasteiger partial charge in [-0.3, -0.25) is 4.79 Å². The minimum atomic E-state index is -0.140. The topological polar surface area (TPSA) is 64.2 Å². The molecule has 94 valence electrons. The lowest BCUT2D eigenvalue weighted by Gasteiger charge is -2.19. The third-order valence-electron chi connectivity index (χ3n) is 3.22. The summed E-state index contributed by atoms with van der Waals surface area (Å²) in [6.07, 6.45) is 6.84. The summed E-state index contributed by atoms with van der Waals surface area (Å²) < 4.78 is 2.19. The molecule has 1 aromatic rings. The van der Waals surface area contributed by atoms with E-state index in [1.165, 1.54) is 12.8 Å². The third kappa shape index (κ3) is 2.66. The fraction of sp³-hybridized carbons (Fsp3) is 0.667. The minimum absolute atomic E-state index is 0.0936. The fourth-order valence-electron chi connectivity index (χ4n) is 2.06. The summed E-state index contributed by atoms with van der Waals surface area (Å²) in [4.78, 5) is 17.7. The summed E-state index contributed by atoms with van der Waals surface area (Å²) in [7, 11) is 3.53. The molecular weight excluding hydrogens is 216 g/mol. The van der Waals surface area contributed by atoms with Gasteiger partial charge in [0.2, 0.25) is 5.91 Å². The fourth-order valence-corrected chi connectivity index (χ4v) is 2.06. The number of hydrogen-bond acceptors (Lipinski definition) is 3. The highest BCUT2D eigenvalue weighted by Crippen LogP contribution is 2.36. The Morgan fingerprint density at radius 3 is 2.88 bits per heavy atom. The monoisotopic (exact) mass is 236 g/mol. The largest absolute Gasteiger partial charge is 0.349 e. The van der Waals surface area contributed by atoms with Crippen molar-refractivity contribution in [2.24, 2.45) is 11.7 Å². The quantitative estimate of drug-likeness (QED) is 0.806. The van der Waals surface area contributed by atoms with Crippen LogP contribution in [0.25, 0.3) is 0 Å². The molecule has 0 bridgehead atoms. The van der Waals surface area contributed by atoms with Crippen molar-refractivity contribution < 1.29 is 4.79 Å².